The van der Waals surface area contributed by atoms with Gasteiger partial charge in [0.15, 0.2) is 0 Å². The quantitative estimate of drug-likeness (QED) is 0.775. The van der Waals surface area contributed by atoms with Crippen molar-refractivity contribution in [3.8, 4) is 0 Å². The Morgan fingerprint density at radius 2 is 1.94 bits per heavy atom. The van der Waals surface area contributed by atoms with E-state index in [2.05, 4.69) is 35.1 Å². The number of alkyl halides is 1. The molecule has 3 heteroatoms. The fourth-order valence-electron chi connectivity index (χ4n) is 3.34. The molecule has 3 atom stereocenters. The van der Waals surface area contributed by atoms with Gasteiger partial charge in [0, 0.05) is 16.8 Å². The van der Waals surface area contributed by atoms with E-state index in [0.29, 0.717) is 16.8 Å². The molecule has 3 unspecified atom stereocenters. The van der Waals surface area contributed by atoms with Crippen LogP contribution < -0.4 is 5.32 Å². The molecule has 0 spiro atoms. The second-order valence-corrected chi connectivity index (χ2v) is 7.53. The van der Waals surface area contributed by atoms with Crippen LogP contribution in [0.2, 0.25) is 0 Å². The van der Waals surface area contributed by atoms with E-state index in [1.54, 1.807) is 0 Å². The van der Waals surface area contributed by atoms with Crippen LogP contribution in [0, 0.1) is 11.3 Å². The number of amides is 1. The van der Waals surface area contributed by atoms with Gasteiger partial charge in [-0.3, -0.25) is 4.79 Å². The summed E-state index contributed by atoms with van der Waals surface area (Å²) in [5.41, 5.74) is 0.183. The molecule has 0 heterocycles. The van der Waals surface area contributed by atoms with Crippen LogP contribution in [0.5, 0.6) is 0 Å². The number of carbonyl (C=O) groups is 1. The maximum absolute atomic E-state index is 12.4. The molecule has 0 bridgehead atoms. The van der Waals surface area contributed by atoms with Gasteiger partial charge in [0.1, 0.15) is 0 Å². The number of hydrogen-bond donors (Lipinski definition) is 1. The highest BCUT2D eigenvalue weighted by atomic mass is 79.9. The average molecular weight is 302 g/mol. The Hall–Kier alpha value is -0.0500. The summed E-state index contributed by atoms with van der Waals surface area (Å²) in [6.45, 7) is 4.49. The molecule has 2 rings (SSSR count). The fraction of sp³-hybridized carbons (Fsp3) is 0.929. The predicted octanol–water partition coefficient (Wildman–Crippen LogP) is 3.64. The third kappa shape index (κ3) is 3.04. The van der Waals surface area contributed by atoms with E-state index in [9.17, 15) is 4.79 Å². The summed E-state index contributed by atoms with van der Waals surface area (Å²) in [4.78, 5) is 12.9. The summed E-state index contributed by atoms with van der Waals surface area (Å²) in [5, 5.41) is 3.27. The highest BCUT2D eigenvalue weighted by Crippen LogP contribution is 2.41. The van der Waals surface area contributed by atoms with E-state index in [1.165, 1.54) is 32.1 Å². The van der Waals surface area contributed by atoms with E-state index in [1.807, 2.05) is 0 Å². The monoisotopic (exact) mass is 301 g/mol. The van der Waals surface area contributed by atoms with Crippen LogP contribution in [0.4, 0.5) is 0 Å². The SMILES string of the molecule is CC1(C)CCCCC1C(=O)NC1CCCC1Br. The zero-order valence-corrected chi connectivity index (χ0v) is 12.6. The van der Waals surface area contributed by atoms with Crippen molar-refractivity contribution in [1.29, 1.82) is 0 Å². The van der Waals surface area contributed by atoms with Crippen LogP contribution in [0.3, 0.4) is 0 Å². The van der Waals surface area contributed by atoms with Gasteiger partial charge in [-0.25, -0.2) is 0 Å². The molecule has 0 radical (unpaired) electrons. The minimum absolute atomic E-state index is 0.183. The van der Waals surface area contributed by atoms with Crippen LogP contribution in [0.1, 0.15) is 58.8 Å². The highest BCUT2D eigenvalue weighted by Gasteiger charge is 2.38. The largest absolute Gasteiger partial charge is 0.352 e. The van der Waals surface area contributed by atoms with Gasteiger partial charge in [0.2, 0.25) is 5.91 Å². The average Bonchev–Trinajstić information content (AvgIpc) is 2.63. The van der Waals surface area contributed by atoms with Crippen molar-refractivity contribution in [3.05, 3.63) is 0 Å². The van der Waals surface area contributed by atoms with E-state index < -0.39 is 0 Å². The lowest BCUT2D eigenvalue weighted by Gasteiger charge is -2.38. The predicted molar refractivity (Wildman–Crippen MR) is 74.2 cm³/mol. The molecule has 1 N–H and O–H groups in total. The molecule has 0 aliphatic heterocycles. The van der Waals surface area contributed by atoms with Gasteiger partial charge in [0.25, 0.3) is 0 Å². The van der Waals surface area contributed by atoms with Crippen molar-refractivity contribution in [3.63, 3.8) is 0 Å². The summed E-state index contributed by atoms with van der Waals surface area (Å²) < 4.78 is 0. The van der Waals surface area contributed by atoms with Gasteiger partial charge in [-0.05, 0) is 31.1 Å². The topological polar surface area (TPSA) is 29.1 Å². The van der Waals surface area contributed by atoms with E-state index in [-0.39, 0.29) is 11.3 Å². The number of rotatable bonds is 2. The molecule has 98 valence electrons. The minimum Gasteiger partial charge on any atom is -0.352 e. The van der Waals surface area contributed by atoms with E-state index >= 15 is 0 Å². The summed E-state index contributed by atoms with van der Waals surface area (Å²) in [6.07, 6.45) is 8.31. The van der Waals surface area contributed by atoms with Gasteiger partial charge in [0.05, 0.1) is 0 Å². The Bertz CT molecular complexity index is 290. The van der Waals surface area contributed by atoms with Crippen molar-refractivity contribution in [2.45, 2.75) is 69.7 Å². The van der Waals surface area contributed by atoms with Gasteiger partial charge >= 0.3 is 0 Å². The third-order valence-corrected chi connectivity index (χ3v) is 5.68. The van der Waals surface area contributed by atoms with Crippen LogP contribution in [-0.2, 0) is 4.79 Å². The van der Waals surface area contributed by atoms with Crippen LogP contribution in [-0.4, -0.2) is 16.8 Å². The molecule has 2 saturated carbocycles. The maximum Gasteiger partial charge on any atom is 0.223 e. The Balaban J connectivity index is 1.94. The lowest BCUT2D eigenvalue weighted by molar-refractivity contribution is -0.130. The molecule has 2 aliphatic carbocycles. The molecule has 1 amide bonds. The lowest BCUT2D eigenvalue weighted by Crippen LogP contribution is -2.46. The highest BCUT2D eigenvalue weighted by molar-refractivity contribution is 9.09. The molecule has 0 aromatic carbocycles. The third-order valence-electron chi connectivity index (χ3n) is 4.58. The molecule has 0 aromatic rings. The summed E-state index contributed by atoms with van der Waals surface area (Å²) in [7, 11) is 0. The fourth-order valence-corrected chi connectivity index (χ4v) is 4.06. The molecule has 2 aliphatic rings. The van der Waals surface area contributed by atoms with Crippen LogP contribution >= 0.6 is 15.9 Å². The number of nitrogens with one attached hydrogen (secondary N) is 1. The second kappa shape index (κ2) is 5.29. The second-order valence-electron chi connectivity index (χ2n) is 6.35. The molecule has 0 aromatic heterocycles. The standard InChI is InChI=1S/C14H24BrNO/c1-14(2)9-4-3-6-10(14)13(17)16-12-8-5-7-11(12)15/h10-12H,3-9H2,1-2H3,(H,16,17). The Labute approximate surface area is 113 Å². The first-order valence-electron chi connectivity index (χ1n) is 6.95. The molecular formula is C14H24BrNO. The van der Waals surface area contributed by atoms with Crippen molar-refractivity contribution >= 4 is 21.8 Å². The van der Waals surface area contributed by atoms with Gasteiger partial charge in [-0.15, -0.1) is 0 Å². The normalized spacial score (nSPS) is 36.8. The Kier molecular flexibility index (Phi) is 4.17. The zero-order valence-electron chi connectivity index (χ0n) is 11.0. The van der Waals surface area contributed by atoms with E-state index in [0.717, 1.165) is 12.8 Å². The van der Waals surface area contributed by atoms with Crippen LogP contribution in [0.15, 0.2) is 0 Å². The first-order chi connectivity index (χ1) is 8.00. The smallest absolute Gasteiger partial charge is 0.223 e. The first-order valence-corrected chi connectivity index (χ1v) is 7.87. The number of hydrogen-bond acceptors (Lipinski definition) is 1. The van der Waals surface area contributed by atoms with Crippen LogP contribution in [0.25, 0.3) is 0 Å². The van der Waals surface area contributed by atoms with E-state index in [4.69, 9.17) is 0 Å². The molecule has 2 nitrogen and oxygen atoms in total. The van der Waals surface area contributed by atoms with Gasteiger partial charge < -0.3 is 5.32 Å². The molecule has 17 heavy (non-hydrogen) atoms. The first kappa shape index (κ1) is 13.4. The van der Waals surface area contributed by atoms with Crippen molar-refractivity contribution in [1.82, 2.24) is 5.32 Å². The van der Waals surface area contributed by atoms with Crippen molar-refractivity contribution in [2.75, 3.05) is 0 Å². The molecular weight excluding hydrogens is 278 g/mol. The maximum atomic E-state index is 12.4. The zero-order chi connectivity index (χ0) is 12.5. The van der Waals surface area contributed by atoms with Gasteiger partial charge in [-0.1, -0.05) is 49.0 Å². The van der Waals surface area contributed by atoms with Gasteiger partial charge in [-0.2, -0.15) is 0 Å². The summed E-state index contributed by atoms with van der Waals surface area (Å²) in [5.74, 6) is 0.516. The number of carbonyl (C=O) groups excluding carboxylic acids is 1. The Morgan fingerprint density at radius 1 is 1.18 bits per heavy atom. The van der Waals surface area contributed by atoms with Crippen molar-refractivity contribution in [2.24, 2.45) is 11.3 Å². The summed E-state index contributed by atoms with van der Waals surface area (Å²) >= 11 is 3.67. The molecule has 0 saturated heterocycles. The Morgan fingerprint density at radius 3 is 2.53 bits per heavy atom. The number of halogens is 1. The summed E-state index contributed by atoms with van der Waals surface area (Å²) in [6, 6.07) is 0.361. The van der Waals surface area contributed by atoms with Crippen molar-refractivity contribution < 1.29 is 4.79 Å². The molecule has 2 fully saturated rings. The minimum atomic E-state index is 0.183. The lowest BCUT2D eigenvalue weighted by atomic mass is 9.68.